The lowest BCUT2D eigenvalue weighted by molar-refractivity contribution is 0.109. The van der Waals surface area contributed by atoms with Gasteiger partial charge < -0.3 is 4.74 Å². The van der Waals surface area contributed by atoms with E-state index in [4.69, 9.17) is 17.0 Å². The number of thiocarbonyl (C=S) groups is 1. The van der Waals surface area contributed by atoms with Crippen LogP contribution in [-0.4, -0.2) is 15.7 Å². The molecule has 0 N–H and O–H groups in total. The summed E-state index contributed by atoms with van der Waals surface area (Å²) in [5.74, 6) is 1.03. The summed E-state index contributed by atoms with van der Waals surface area (Å²) in [6, 6.07) is 0. The largest absolute Gasteiger partial charge is 0.471 e. The summed E-state index contributed by atoms with van der Waals surface area (Å²) in [5.41, 5.74) is 0.0382. The molecule has 3 heteroatoms. The first kappa shape index (κ1) is 8.34. The molecule has 0 aromatic heterocycles. The average molecular weight is 176 g/mol. The van der Waals surface area contributed by atoms with E-state index in [2.05, 4.69) is 13.8 Å². The summed E-state index contributed by atoms with van der Waals surface area (Å²) in [5, 5.41) is 0. The van der Waals surface area contributed by atoms with Gasteiger partial charge in [0.25, 0.3) is 0 Å². The van der Waals surface area contributed by atoms with Gasteiger partial charge in [-0.05, 0) is 25.6 Å². The zero-order valence-corrected chi connectivity index (χ0v) is 7.98. The molecule has 0 aromatic carbocycles. The molecular weight excluding hydrogens is 164 g/mol. The molecule has 1 aliphatic heterocycles. The van der Waals surface area contributed by atoms with Crippen LogP contribution in [0.1, 0.15) is 26.7 Å². The first-order valence-corrected chi connectivity index (χ1v) is 4.91. The SMILES string of the molecule is CCCC1(C)CSC(=S)O1. The number of rotatable bonds is 2. The van der Waals surface area contributed by atoms with E-state index in [-0.39, 0.29) is 5.60 Å². The molecule has 0 radical (unpaired) electrons. The Morgan fingerprint density at radius 3 is 2.90 bits per heavy atom. The van der Waals surface area contributed by atoms with Crippen LogP contribution in [0, 0.1) is 0 Å². The summed E-state index contributed by atoms with van der Waals surface area (Å²) in [7, 11) is 0. The normalized spacial score (nSPS) is 32.4. The van der Waals surface area contributed by atoms with Gasteiger partial charge in [0.15, 0.2) is 0 Å². The molecule has 1 atom stereocenters. The van der Waals surface area contributed by atoms with Crippen molar-refractivity contribution >= 4 is 28.4 Å². The molecule has 1 unspecified atom stereocenters. The van der Waals surface area contributed by atoms with Gasteiger partial charge >= 0.3 is 0 Å². The summed E-state index contributed by atoms with van der Waals surface area (Å²) in [6.07, 6.45) is 2.28. The van der Waals surface area contributed by atoms with Crippen LogP contribution in [-0.2, 0) is 4.74 Å². The van der Waals surface area contributed by atoms with Crippen LogP contribution in [0.25, 0.3) is 0 Å². The second kappa shape index (κ2) is 3.09. The van der Waals surface area contributed by atoms with E-state index in [9.17, 15) is 0 Å². The molecule has 1 rings (SSSR count). The zero-order valence-electron chi connectivity index (χ0n) is 6.35. The molecule has 0 spiro atoms. The van der Waals surface area contributed by atoms with E-state index in [1.165, 1.54) is 6.42 Å². The van der Waals surface area contributed by atoms with Crippen LogP contribution in [0.15, 0.2) is 0 Å². The monoisotopic (exact) mass is 176 g/mol. The van der Waals surface area contributed by atoms with E-state index < -0.39 is 0 Å². The number of thioether (sulfide) groups is 1. The molecule has 1 fully saturated rings. The Kier molecular flexibility index (Phi) is 2.58. The minimum Gasteiger partial charge on any atom is -0.471 e. The minimum atomic E-state index is 0.0382. The van der Waals surface area contributed by atoms with Gasteiger partial charge in [0.05, 0.1) is 0 Å². The zero-order chi connectivity index (χ0) is 7.61. The lowest BCUT2D eigenvalue weighted by Gasteiger charge is -2.20. The maximum Gasteiger partial charge on any atom is 0.220 e. The number of ether oxygens (including phenoxy) is 1. The highest BCUT2D eigenvalue weighted by molar-refractivity contribution is 8.22. The topological polar surface area (TPSA) is 9.23 Å². The van der Waals surface area contributed by atoms with Crippen LogP contribution in [0.4, 0.5) is 0 Å². The van der Waals surface area contributed by atoms with Crippen LogP contribution in [0.3, 0.4) is 0 Å². The smallest absolute Gasteiger partial charge is 0.220 e. The van der Waals surface area contributed by atoms with Crippen molar-refractivity contribution < 1.29 is 4.74 Å². The van der Waals surface area contributed by atoms with Crippen molar-refractivity contribution in [2.75, 3.05) is 5.75 Å². The fourth-order valence-electron chi connectivity index (χ4n) is 1.12. The highest BCUT2D eigenvalue weighted by atomic mass is 32.2. The van der Waals surface area contributed by atoms with Crippen molar-refractivity contribution in [2.45, 2.75) is 32.3 Å². The lowest BCUT2D eigenvalue weighted by Crippen LogP contribution is -2.26. The minimum absolute atomic E-state index is 0.0382. The van der Waals surface area contributed by atoms with Crippen LogP contribution >= 0.6 is 24.0 Å². The molecule has 0 aromatic rings. The maximum atomic E-state index is 5.48. The molecule has 58 valence electrons. The van der Waals surface area contributed by atoms with Gasteiger partial charge in [-0.2, -0.15) is 0 Å². The van der Waals surface area contributed by atoms with Crippen LogP contribution < -0.4 is 0 Å². The fourth-order valence-corrected chi connectivity index (χ4v) is 2.39. The third-order valence-corrected chi connectivity index (χ3v) is 3.11. The Labute approximate surface area is 71.5 Å². The number of hydrogen-bond donors (Lipinski definition) is 0. The van der Waals surface area contributed by atoms with Crippen molar-refractivity contribution in [3.63, 3.8) is 0 Å². The lowest BCUT2D eigenvalue weighted by atomic mass is 10.0. The van der Waals surface area contributed by atoms with E-state index >= 15 is 0 Å². The average Bonchev–Trinajstić information content (AvgIpc) is 2.12. The summed E-state index contributed by atoms with van der Waals surface area (Å²) < 4.78 is 6.20. The predicted molar refractivity (Wildman–Crippen MR) is 49.5 cm³/mol. The molecule has 0 amide bonds. The molecule has 0 saturated carbocycles. The van der Waals surface area contributed by atoms with Crippen LogP contribution in [0.2, 0.25) is 0 Å². The molecule has 1 saturated heterocycles. The van der Waals surface area contributed by atoms with Crippen molar-refractivity contribution in [3.05, 3.63) is 0 Å². The molecule has 10 heavy (non-hydrogen) atoms. The van der Waals surface area contributed by atoms with Gasteiger partial charge in [0.2, 0.25) is 4.38 Å². The van der Waals surface area contributed by atoms with E-state index in [1.54, 1.807) is 11.8 Å². The van der Waals surface area contributed by atoms with Gasteiger partial charge in [0.1, 0.15) is 5.60 Å². The third-order valence-electron chi connectivity index (χ3n) is 1.60. The summed E-state index contributed by atoms with van der Waals surface area (Å²) in [6.45, 7) is 4.30. The van der Waals surface area contributed by atoms with Crippen LogP contribution in [0.5, 0.6) is 0 Å². The van der Waals surface area contributed by atoms with Gasteiger partial charge in [-0.25, -0.2) is 0 Å². The Balaban J connectivity index is 2.46. The maximum absolute atomic E-state index is 5.48. The highest BCUT2D eigenvalue weighted by Gasteiger charge is 2.33. The molecule has 0 aliphatic carbocycles. The summed E-state index contributed by atoms with van der Waals surface area (Å²) in [4.78, 5) is 0. The molecule has 1 aliphatic rings. The third kappa shape index (κ3) is 1.86. The van der Waals surface area contributed by atoms with Gasteiger partial charge in [0, 0.05) is 5.75 Å². The van der Waals surface area contributed by atoms with E-state index in [1.807, 2.05) is 0 Å². The second-order valence-electron chi connectivity index (χ2n) is 2.84. The van der Waals surface area contributed by atoms with E-state index in [0.29, 0.717) is 0 Å². The highest BCUT2D eigenvalue weighted by Crippen LogP contribution is 2.32. The molecule has 0 bridgehead atoms. The first-order valence-electron chi connectivity index (χ1n) is 3.52. The molecule has 1 nitrogen and oxygen atoms in total. The quantitative estimate of drug-likeness (QED) is 0.599. The number of hydrogen-bond acceptors (Lipinski definition) is 3. The van der Waals surface area contributed by atoms with Gasteiger partial charge in [-0.3, -0.25) is 0 Å². The van der Waals surface area contributed by atoms with Gasteiger partial charge in [-0.15, -0.1) is 0 Å². The Hall–Kier alpha value is 0.240. The van der Waals surface area contributed by atoms with Crippen molar-refractivity contribution in [1.29, 1.82) is 0 Å². The molecule has 1 heterocycles. The standard InChI is InChI=1S/C7H12OS2/c1-3-4-7(2)5-10-6(9)8-7/h3-5H2,1-2H3. The van der Waals surface area contributed by atoms with Crippen molar-refractivity contribution in [1.82, 2.24) is 0 Å². The summed E-state index contributed by atoms with van der Waals surface area (Å²) >= 11 is 6.58. The Bertz CT molecular complexity index is 147. The second-order valence-corrected chi connectivity index (χ2v) is 4.42. The first-order chi connectivity index (χ1) is 4.66. The Morgan fingerprint density at radius 1 is 1.80 bits per heavy atom. The molecular formula is C7H12OS2. The fraction of sp³-hybridized carbons (Fsp3) is 0.857. The van der Waals surface area contributed by atoms with E-state index in [0.717, 1.165) is 16.6 Å². The van der Waals surface area contributed by atoms with Crippen molar-refractivity contribution in [3.8, 4) is 0 Å². The van der Waals surface area contributed by atoms with Crippen molar-refractivity contribution in [2.24, 2.45) is 0 Å². The van der Waals surface area contributed by atoms with Gasteiger partial charge in [-0.1, -0.05) is 25.1 Å². The Morgan fingerprint density at radius 2 is 2.50 bits per heavy atom. The predicted octanol–water partition coefficient (Wildman–Crippen LogP) is 2.59.